The fraction of sp³-hybridized carbons (Fsp3) is 0.692. The van der Waals surface area contributed by atoms with Crippen molar-refractivity contribution in [1.29, 1.82) is 0 Å². The maximum atomic E-state index is 5.39. The number of nitrogens with zero attached hydrogens (tertiary/aromatic N) is 3. The molecule has 1 N–H and O–H groups in total. The monoisotopic (exact) mass is 250 g/mol. The average Bonchev–Trinajstić information content (AvgIpc) is 2.38. The molecule has 1 aliphatic rings. The number of anilines is 2. The highest BCUT2D eigenvalue weighted by Crippen LogP contribution is 2.20. The van der Waals surface area contributed by atoms with E-state index in [9.17, 15) is 0 Å². The molecule has 2 heterocycles. The summed E-state index contributed by atoms with van der Waals surface area (Å²) in [5.74, 6) is 1.86. The first-order chi connectivity index (χ1) is 8.66. The second-order valence-electron chi connectivity index (χ2n) is 5.01. The van der Waals surface area contributed by atoms with Crippen LogP contribution in [0.4, 0.5) is 11.6 Å². The SMILES string of the molecule is CC(C)Nc1cc(N(C)C2CCOCC2)ncn1. The van der Waals surface area contributed by atoms with Gasteiger partial charge in [-0.15, -0.1) is 0 Å². The normalized spacial score (nSPS) is 16.9. The molecule has 1 aromatic heterocycles. The first-order valence-corrected chi connectivity index (χ1v) is 6.56. The van der Waals surface area contributed by atoms with Crippen molar-refractivity contribution in [3.8, 4) is 0 Å². The number of rotatable bonds is 4. The van der Waals surface area contributed by atoms with Crippen LogP contribution in [0.2, 0.25) is 0 Å². The van der Waals surface area contributed by atoms with Crippen LogP contribution in [0.5, 0.6) is 0 Å². The number of hydrogen-bond donors (Lipinski definition) is 1. The molecule has 5 heteroatoms. The van der Waals surface area contributed by atoms with E-state index in [4.69, 9.17) is 4.74 Å². The molecule has 0 radical (unpaired) electrons. The second-order valence-corrected chi connectivity index (χ2v) is 5.01. The number of ether oxygens (including phenoxy) is 1. The standard InChI is InChI=1S/C13H22N4O/c1-10(2)16-12-8-13(15-9-14-12)17(3)11-4-6-18-7-5-11/h8-11H,4-7H2,1-3H3,(H,14,15,16). The number of nitrogens with one attached hydrogen (secondary N) is 1. The van der Waals surface area contributed by atoms with E-state index in [0.29, 0.717) is 12.1 Å². The first-order valence-electron chi connectivity index (χ1n) is 6.56. The van der Waals surface area contributed by atoms with Crippen LogP contribution in [0.1, 0.15) is 26.7 Å². The number of hydrogen-bond acceptors (Lipinski definition) is 5. The van der Waals surface area contributed by atoms with E-state index in [2.05, 4.69) is 41.1 Å². The Hall–Kier alpha value is -1.36. The molecule has 0 saturated carbocycles. The van der Waals surface area contributed by atoms with Crippen molar-refractivity contribution in [2.45, 2.75) is 38.8 Å². The molecule has 1 saturated heterocycles. The highest BCUT2D eigenvalue weighted by atomic mass is 16.5. The molecule has 5 nitrogen and oxygen atoms in total. The van der Waals surface area contributed by atoms with Crippen molar-refractivity contribution >= 4 is 11.6 Å². The highest BCUT2D eigenvalue weighted by molar-refractivity contribution is 5.48. The summed E-state index contributed by atoms with van der Waals surface area (Å²) in [6.45, 7) is 5.89. The third-order valence-corrected chi connectivity index (χ3v) is 3.19. The minimum Gasteiger partial charge on any atom is -0.381 e. The van der Waals surface area contributed by atoms with Gasteiger partial charge >= 0.3 is 0 Å². The lowest BCUT2D eigenvalue weighted by Crippen LogP contribution is -2.37. The van der Waals surface area contributed by atoms with Crippen molar-refractivity contribution in [3.05, 3.63) is 12.4 Å². The van der Waals surface area contributed by atoms with E-state index >= 15 is 0 Å². The van der Waals surface area contributed by atoms with Gasteiger partial charge in [0.1, 0.15) is 18.0 Å². The Bertz CT molecular complexity index is 377. The van der Waals surface area contributed by atoms with E-state index in [1.165, 1.54) is 0 Å². The molecular formula is C13H22N4O. The summed E-state index contributed by atoms with van der Waals surface area (Å²) in [5, 5.41) is 3.30. The molecule has 2 rings (SSSR count). The summed E-state index contributed by atoms with van der Waals surface area (Å²) in [6.07, 6.45) is 3.75. The van der Waals surface area contributed by atoms with Gasteiger partial charge in [-0.05, 0) is 26.7 Å². The van der Waals surface area contributed by atoms with Crippen molar-refractivity contribution in [3.63, 3.8) is 0 Å². The third-order valence-electron chi connectivity index (χ3n) is 3.19. The Balaban J connectivity index is 2.06. The Morgan fingerprint density at radius 3 is 2.72 bits per heavy atom. The van der Waals surface area contributed by atoms with Gasteiger partial charge in [-0.25, -0.2) is 9.97 Å². The van der Waals surface area contributed by atoms with Crippen molar-refractivity contribution in [2.24, 2.45) is 0 Å². The summed E-state index contributed by atoms with van der Waals surface area (Å²) in [5.41, 5.74) is 0. The highest BCUT2D eigenvalue weighted by Gasteiger charge is 2.19. The quantitative estimate of drug-likeness (QED) is 0.884. The molecule has 1 fully saturated rings. The van der Waals surface area contributed by atoms with Gasteiger partial charge in [-0.3, -0.25) is 0 Å². The van der Waals surface area contributed by atoms with Gasteiger partial charge in [0.25, 0.3) is 0 Å². The van der Waals surface area contributed by atoms with Gasteiger partial charge in [0.2, 0.25) is 0 Å². The van der Waals surface area contributed by atoms with Gasteiger partial charge in [-0.1, -0.05) is 0 Å². The van der Waals surface area contributed by atoms with Crippen LogP contribution >= 0.6 is 0 Å². The van der Waals surface area contributed by atoms with Crippen LogP contribution in [0.3, 0.4) is 0 Å². The minimum absolute atomic E-state index is 0.376. The Labute approximate surface area is 109 Å². The predicted octanol–water partition coefficient (Wildman–Crippen LogP) is 1.91. The zero-order valence-electron chi connectivity index (χ0n) is 11.4. The van der Waals surface area contributed by atoms with Crippen molar-refractivity contribution < 1.29 is 4.74 Å². The van der Waals surface area contributed by atoms with Gasteiger partial charge in [0, 0.05) is 38.4 Å². The van der Waals surface area contributed by atoms with E-state index in [1.807, 2.05) is 6.07 Å². The molecule has 0 aromatic carbocycles. The van der Waals surface area contributed by atoms with Crippen LogP contribution in [-0.2, 0) is 4.74 Å². The third kappa shape index (κ3) is 3.32. The molecular weight excluding hydrogens is 228 g/mol. The maximum absolute atomic E-state index is 5.39. The fourth-order valence-corrected chi connectivity index (χ4v) is 2.17. The van der Waals surface area contributed by atoms with Crippen LogP contribution in [0, 0.1) is 0 Å². The van der Waals surface area contributed by atoms with Crippen LogP contribution in [0.15, 0.2) is 12.4 Å². The molecule has 0 bridgehead atoms. The summed E-state index contributed by atoms with van der Waals surface area (Å²) in [6, 6.07) is 2.90. The zero-order chi connectivity index (χ0) is 13.0. The topological polar surface area (TPSA) is 50.3 Å². The van der Waals surface area contributed by atoms with Crippen LogP contribution < -0.4 is 10.2 Å². The lowest BCUT2D eigenvalue weighted by atomic mass is 10.1. The maximum Gasteiger partial charge on any atom is 0.134 e. The Morgan fingerprint density at radius 1 is 1.33 bits per heavy atom. The molecule has 100 valence electrons. The van der Waals surface area contributed by atoms with Gasteiger partial charge in [-0.2, -0.15) is 0 Å². The minimum atomic E-state index is 0.376. The zero-order valence-corrected chi connectivity index (χ0v) is 11.4. The molecule has 1 aromatic rings. The smallest absolute Gasteiger partial charge is 0.134 e. The first kappa shape index (κ1) is 13.1. The summed E-state index contributed by atoms with van der Waals surface area (Å²) in [4.78, 5) is 10.8. The summed E-state index contributed by atoms with van der Waals surface area (Å²) >= 11 is 0. The average molecular weight is 250 g/mol. The van der Waals surface area contributed by atoms with Gasteiger partial charge in [0.15, 0.2) is 0 Å². The lowest BCUT2D eigenvalue weighted by molar-refractivity contribution is 0.0853. The fourth-order valence-electron chi connectivity index (χ4n) is 2.17. The molecule has 0 unspecified atom stereocenters. The van der Waals surface area contributed by atoms with E-state index in [-0.39, 0.29) is 0 Å². The van der Waals surface area contributed by atoms with E-state index in [1.54, 1.807) is 6.33 Å². The summed E-state index contributed by atoms with van der Waals surface area (Å²) in [7, 11) is 2.09. The van der Waals surface area contributed by atoms with Crippen LogP contribution in [0.25, 0.3) is 0 Å². The molecule has 18 heavy (non-hydrogen) atoms. The van der Waals surface area contributed by atoms with Crippen LogP contribution in [-0.4, -0.2) is 42.3 Å². The lowest BCUT2D eigenvalue weighted by Gasteiger charge is -2.32. The molecule has 0 atom stereocenters. The number of aromatic nitrogens is 2. The van der Waals surface area contributed by atoms with Gasteiger partial charge < -0.3 is 15.0 Å². The van der Waals surface area contributed by atoms with Crippen molar-refractivity contribution in [1.82, 2.24) is 9.97 Å². The molecule has 1 aliphatic heterocycles. The largest absolute Gasteiger partial charge is 0.381 e. The van der Waals surface area contributed by atoms with E-state index < -0.39 is 0 Å². The van der Waals surface area contributed by atoms with Gasteiger partial charge in [0.05, 0.1) is 0 Å². The molecule has 0 aliphatic carbocycles. The summed E-state index contributed by atoms with van der Waals surface area (Å²) < 4.78 is 5.39. The second kappa shape index (κ2) is 6.00. The Morgan fingerprint density at radius 2 is 2.06 bits per heavy atom. The molecule has 0 spiro atoms. The van der Waals surface area contributed by atoms with E-state index in [0.717, 1.165) is 37.7 Å². The molecule has 0 amide bonds. The van der Waals surface area contributed by atoms with Crippen molar-refractivity contribution in [2.75, 3.05) is 30.5 Å². The predicted molar refractivity (Wildman–Crippen MR) is 73.0 cm³/mol. The Kier molecular flexibility index (Phi) is 4.36.